The van der Waals surface area contributed by atoms with E-state index >= 15 is 0 Å². The third kappa shape index (κ3) is 6.01. The fourth-order valence-electron chi connectivity index (χ4n) is 3.13. The van der Waals surface area contributed by atoms with E-state index in [1.165, 1.54) is 19.3 Å². The number of anilines is 1. The number of benzene rings is 1. The molecule has 0 spiro atoms. The lowest BCUT2D eigenvalue weighted by molar-refractivity contribution is -0.127. The van der Waals surface area contributed by atoms with E-state index in [4.69, 9.17) is 11.6 Å². The van der Waals surface area contributed by atoms with E-state index in [2.05, 4.69) is 17.6 Å². The van der Waals surface area contributed by atoms with Gasteiger partial charge in [-0.2, -0.15) is 0 Å². The number of nitrogens with zero attached hydrogens (tertiary/aromatic N) is 1. The second-order valence-electron chi connectivity index (χ2n) is 7.02. The highest BCUT2D eigenvalue weighted by Gasteiger charge is 2.26. The summed E-state index contributed by atoms with van der Waals surface area (Å²) < 4.78 is 0. The molecule has 1 saturated carbocycles. The van der Waals surface area contributed by atoms with Gasteiger partial charge in [0.2, 0.25) is 11.8 Å². The van der Waals surface area contributed by atoms with Crippen LogP contribution in [-0.4, -0.2) is 42.4 Å². The molecule has 2 N–H and O–H groups in total. The molecule has 1 aliphatic carbocycles. The van der Waals surface area contributed by atoms with Gasteiger partial charge in [0.1, 0.15) is 0 Å². The quantitative estimate of drug-likeness (QED) is 0.813. The van der Waals surface area contributed by atoms with Crippen molar-refractivity contribution in [3.8, 4) is 0 Å². The predicted octanol–water partition coefficient (Wildman–Crippen LogP) is 3.29. The zero-order valence-corrected chi connectivity index (χ0v) is 16.0. The molecular weight excluding hydrogens is 338 g/mol. The van der Waals surface area contributed by atoms with Crippen molar-refractivity contribution < 1.29 is 9.59 Å². The molecule has 138 valence electrons. The number of hydrogen-bond donors (Lipinski definition) is 2. The van der Waals surface area contributed by atoms with Crippen molar-refractivity contribution in [3.63, 3.8) is 0 Å². The molecule has 1 aromatic carbocycles. The first-order valence-electron chi connectivity index (χ1n) is 8.93. The van der Waals surface area contributed by atoms with Crippen LogP contribution in [0.4, 0.5) is 5.69 Å². The molecule has 6 heteroatoms. The summed E-state index contributed by atoms with van der Waals surface area (Å²) in [4.78, 5) is 26.4. The third-order valence-corrected chi connectivity index (χ3v) is 5.25. The second-order valence-corrected chi connectivity index (χ2v) is 7.46. The number of carbonyl (C=O) groups excluding carboxylic acids is 2. The fraction of sp³-hybridized carbons (Fsp3) is 0.579. The Morgan fingerprint density at radius 3 is 2.52 bits per heavy atom. The fourth-order valence-corrected chi connectivity index (χ4v) is 3.26. The summed E-state index contributed by atoms with van der Waals surface area (Å²) in [6.45, 7) is 4.17. The summed E-state index contributed by atoms with van der Waals surface area (Å²) >= 11 is 5.83. The summed E-state index contributed by atoms with van der Waals surface area (Å²) in [6.07, 6.45) is 4.62. The van der Waals surface area contributed by atoms with E-state index in [1.54, 1.807) is 36.2 Å². The molecule has 0 aromatic heterocycles. The molecule has 2 rings (SSSR count). The Hall–Kier alpha value is -1.59. The Balaban J connectivity index is 1.81. The average molecular weight is 366 g/mol. The first-order chi connectivity index (χ1) is 11.9. The summed E-state index contributed by atoms with van der Waals surface area (Å²) in [5.74, 6) is 0.347. The molecule has 0 unspecified atom stereocenters. The Bertz CT molecular complexity index is 591. The molecule has 5 nitrogen and oxygen atoms in total. The van der Waals surface area contributed by atoms with E-state index in [9.17, 15) is 9.59 Å². The number of halogens is 1. The van der Waals surface area contributed by atoms with Crippen LogP contribution in [0.5, 0.6) is 0 Å². The molecule has 0 radical (unpaired) electrons. The van der Waals surface area contributed by atoms with E-state index in [1.807, 2.05) is 6.92 Å². The normalized spacial score (nSPS) is 21.6. The van der Waals surface area contributed by atoms with Gasteiger partial charge in [0.05, 0.1) is 12.6 Å². The molecule has 1 aliphatic rings. The zero-order chi connectivity index (χ0) is 18.4. The number of nitrogens with one attached hydrogen (secondary N) is 2. The van der Waals surface area contributed by atoms with Gasteiger partial charge in [-0.25, -0.2) is 0 Å². The Labute approximate surface area is 155 Å². The minimum absolute atomic E-state index is 0.0134. The maximum absolute atomic E-state index is 12.5. The molecule has 1 fully saturated rings. The van der Waals surface area contributed by atoms with Crippen LogP contribution in [0.3, 0.4) is 0 Å². The number of amides is 2. The highest BCUT2D eigenvalue weighted by molar-refractivity contribution is 6.30. The van der Waals surface area contributed by atoms with Crippen LogP contribution in [0, 0.1) is 5.92 Å². The van der Waals surface area contributed by atoms with Crippen molar-refractivity contribution in [2.75, 3.05) is 18.9 Å². The highest BCUT2D eigenvalue weighted by atomic mass is 35.5. The molecule has 2 amide bonds. The van der Waals surface area contributed by atoms with Crippen molar-refractivity contribution in [3.05, 3.63) is 29.3 Å². The molecule has 0 saturated heterocycles. The first-order valence-corrected chi connectivity index (χ1v) is 9.30. The Kier molecular flexibility index (Phi) is 7.26. The summed E-state index contributed by atoms with van der Waals surface area (Å²) in [7, 11) is 1.79. The van der Waals surface area contributed by atoms with Gasteiger partial charge in [-0.3, -0.25) is 14.5 Å². The topological polar surface area (TPSA) is 61.4 Å². The van der Waals surface area contributed by atoms with Crippen LogP contribution in [-0.2, 0) is 9.59 Å². The molecule has 3 atom stereocenters. The van der Waals surface area contributed by atoms with Crippen LogP contribution in [0.15, 0.2) is 24.3 Å². The van der Waals surface area contributed by atoms with E-state index in [0.29, 0.717) is 16.6 Å². The second kappa shape index (κ2) is 9.20. The SMILES string of the molecule is C[C@@H]1CCCC[C@H]1NC(=O)[C@@H](C)N(C)CC(=O)Nc1ccc(Cl)cc1. The van der Waals surface area contributed by atoms with Crippen LogP contribution in [0.2, 0.25) is 5.02 Å². The monoisotopic (exact) mass is 365 g/mol. The largest absolute Gasteiger partial charge is 0.352 e. The maximum atomic E-state index is 12.5. The van der Waals surface area contributed by atoms with E-state index < -0.39 is 0 Å². The molecule has 0 bridgehead atoms. The van der Waals surface area contributed by atoms with Crippen LogP contribution < -0.4 is 10.6 Å². The number of likely N-dealkylation sites (N-methyl/N-ethyl adjacent to an activating group) is 1. The van der Waals surface area contributed by atoms with E-state index in [0.717, 1.165) is 6.42 Å². The summed E-state index contributed by atoms with van der Waals surface area (Å²) in [6, 6.07) is 6.84. The van der Waals surface area contributed by atoms with Crippen molar-refractivity contribution in [1.82, 2.24) is 10.2 Å². The lowest BCUT2D eigenvalue weighted by atomic mass is 9.86. The number of hydrogen-bond acceptors (Lipinski definition) is 3. The first kappa shape index (κ1) is 19.7. The van der Waals surface area contributed by atoms with Gasteiger partial charge in [0.15, 0.2) is 0 Å². The summed E-state index contributed by atoms with van der Waals surface area (Å²) in [5.41, 5.74) is 0.691. The molecule has 1 aromatic rings. The van der Waals surface area contributed by atoms with Gasteiger partial charge in [0, 0.05) is 16.8 Å². The third-order valence-electron chi connectivity index (χ3n) is 5.00. The average Bonchev–Trinajstić information content (AvgIpc) is 2.58. The zero-order valence-electron chi connectivity index (χ0n) is 15.2. The van der Waals surface area contributed by atoms with Crippen molar-refractivity contribution >= 4 is 29.1 Å². The molecular formula is C19H28ClN3O2. The van der Waals surface area contributed by atoms with Gasteiger partial charge >= 0.3 is 0 Å². The number of rotatable bonds is 6. The lowest BCUT2D eigenvalue weighted by Crippen LogP contribution is -2.50. The van der Waals surface area contributed by atoms with Crippen molar-refractivity contribution in [1.29, 1.82) is 0 Å². The van der Waals surface area contributed by atoms with E-state index in [-0.39, 0.29) is 30.4 Å². The Morgan fingerprint density at radius 2 is 1.88 bits per heavy atom. The van der Waals surface area contributed by atoms with Crippen LogP contribution in [0.1, 0.15) is 39.5 Å². The minimum atomic E-state index is -0.356. The number of carbonyl (C=O) groups is 2. The molecule has 25 heavy (non-hydrogen) atoms. The van der Waals surface area contributed by atoms with Crippen LogP contribution in [0.25, 0.3) is 0 Å². The minimum Gasteiger partial charge on any atom is -0.352 e. The Morgan fingerprint density at radius 1 is 1.24 bits per heavy atom. The standard InChI is InChI=1S/C19H28ClN3O2/c1-13-6-4-5-7-17(13)22-19(25)14(2)23(3)12-18(24)21-16-10-8-15(20)9-11-16/h8-11,13-14,17H,4-7,12H2,1-3H3,(H,21,24)(H,22,25)/t13-,14-,17-/m1/s1. The van der Waals surface area contributed by atoms with Gasteiger partial charge < -0.3 is 10.6 Å². The highest BCUT2D eigenvalue weighted by Crippen LogP contribution is 2.23. The van der Waals surface area contributed by atoms with Crippen molar-refractivity contribution in [2.24, 2.45) is 5.92 Å². The van der Waals surface area contributed by atoms with Crippen LogP contribution >= 0.6 is 11.6 Å². The van der Waals surface area contributed by atoms with Gasteiger partial charge in [0.25, 0.3) is 0 Å². The van der Waals surface area contributed by atoms with Gasteiger partial charge in [-0.15, -0.1) is 0 Å². The smallest absolute Gasteiger partial charge is 0.238 e. The predicted molar refractivity (Wildman–Crippen MR) is 102 cm³/mol. The van der Waals surface area contributed by atoms with Crippen molar-refractivity contribution in [2.45, 2.75) is 51.6 Å². The van der Waals surface area contributed by atoms with Gasteiger partial charge in [-0.05, 0) is 57.0 Å². The lowest BCUT2D eigenvalue weighted by Gasteiger charge is -2.32. The summed E-state index contributed by atoms with van der Waals surface area (Å²) in [5, 5.41) is 6.59. The molecule has 0 aliphatic heterocycles. The maximum Gasteiger partial charge on any atom is 0.238 e. The van der Waals surface area contributed by atoms with Gasteiger partial charge in [-0.1, -0.05) is 31.4 Å². The molecule has 0 heterocycles.